The molecule has 1 aliphatic heterocycles. The van der Waals surface area contributed by atoms with E-state index < -0.39 is 0 Å². The molecule has 1 N–H and O–H groups in total. The number of carbonyl (C=O) groups is 1. The van der Waals surface area contributed by atoms with Gasteiger partial charge in [-0.15, -0.1) is 11.3 Å². The van der Waals surface area contributed by atoms with Crippen molar-refractivity contribution in [1.82, 2.24) is 5.32 Å². The van der Waals surface area contributed by atoms with E-state index >= 15 is 0 Å². The zero-order chi connectivity index (χ0) is 20.5. The number of thiophene rings is 1. The topological polar surface area (TPSA) is 73.1 Å². The van der Waals surface area contributed by atoms with Gasteiger partial charge in [-0.05, 0) is 71.4 Å². The van der Waals surface area contributed by atoms with Crippen molar-refractivity contribution in [2.45, 2.75) is 32.2 Å². The van der Waals surface area contributed by atoms with Crippen molar-refractivity contribution in [3.8, 4) is 11.5 Å². The fourth-order valence-electron chi connectivity index (χ4n) is 3.71. The molecule has 8 heteroatoms. The molecule has 0 atom stereocenters. The van der Waals surface area contributed by atoms with Crippen molar-refractivity contribution >= 4 is 44.4 Å². The molecule has 0 spiro atoms. The van der Waals surface area contributed by atoms with E-state index in [1.165, 1.54) is 4.88 Å². The third-order valence-electron chi connectivity index (χ3n) is 5.20. The Balaban J connectivity index is 1.45. The predicted molar refractivity (Wildman–Crippen MR) is 118 cm³/mol. The molecule has 0 radical (unpaired) electrons. The highest BCUT2D eigenvalue weighted by molar-refractivity contribution is 9.10. The van der Waals surface area contributed by atoms with Crippen LogP contribution in [0.25, 0.3) is 0 Å². The molecule has 2 aliphatic rings. The van der Waals surface area contributed by atoms with Crippen LogP contribution in [0.4, 0.5) is 5.00 Å². The molecule has 5 rings (SSSR count). The number of fused-ring (bicyclic) bond motifs is 2. The molecule has 0 unspecified atom stereocenters. The molecule has 3 aromatic rings. The van der Waals surface area contributed by atoms with E-state index in [1.807, 2.05) is 24.3 Å². The van der Waals surface area contributed by atoms with E-state index in [0.717, 1.165) is 52.0 Å². The Morgan fingerprint density at radius 2 is 2.07 bits per heavy atom. The number of carbonyl (C=O) groups excluding carboxylic acids is 1. The molecular weight excluding hydrogens is 468 g/mol. The average molecular weight is 487 g/mol. The van der Waals surface area contributed by atoms with Crippen molar-refractivity contribution in [3.63, 3.8) is 0 Å². The number of furan rings is 1. The quantitative estimate of drug-likeness (QED) is 0.490. The lowest BCUT2D eigenvalue weighted by atomic mass is 9.95. The first-order valence-corrected chi connectivity index (χ1v) is 11.4. The van der Waals surface area contributed by atoms with E-state index in [2.05, 4.69) is 21.2 Å². The standard InChI is InChI=1S/C22H19BrN2O4S/c23-16-9-18-17(28-12-29-18)8-13(16)10-25-22-20(15-5-1-2-6-19(15)30-22)21(26)24-11-14-4-3-7-27-14/h3-4,7-10H,1-2,5-6,11-12H2,(H,24,26). The monoisotopic (exact) mass is 486 g/mol. The lowest BCUT2D eigenvalue weighted by molar-refractivity contribution is 0.0948. The summed E-state index contributed by atoms with van der Waals surface area (Å²) < 4.78 is 17.1. The maximum Gasteiger partial charge on any atom is 0.255 e. The minimum absolute atomic E-state index is 0.109. The first-order valence-electron chi connectivity index (χ1n) is 9.77. The van der Waals surface area contributed by atoms with Crippen molar-refractivity contribution < 1.29 is 18.7 Å². The highest BCUT2D eigenvalue weighted by atomic mass is 79.9. The van der Waals surface area contributed by atoms with Crippen LogP contribution < -0.4 is 14.8 Å². The highest BCUT2D eigenvalue weighted by Gasteiger charge is 2.25. The summed E-state index contributed by atoms with van der Waals surface area (Å²) in [5.74, 6) is 2.02. The maximum atomic E-state index is 13.1. The van der Waals surface area contributed by atoms with Gasteiger partial charge in [0.15, 0.2) is 11.5 Å². The second-order valence-electron chi connectivity index (χ2n) is 7.14. The van der Waals surface area contributed by atoms with Gasteiger partial charge in [0.05, 0.1) is 18.4 Å². The van der Waals surface area contributed by atoms with E-state index in [1.54, 1.807) is 23.8 Å². The van der Waals surface area contributed by atoms with Crippen LogP contribution in [0, 0.1) is 0 Å². The number of rotatable bonds is 5. The normalized spacial score (nSPS) is 14.8. The fourth-order valence-corrected chi connectivity index (χ4v) is 5.36. The summed E-state index contributed by atoms with van der Waals surface area (Å²) in [5.41, 5.74) is 2.70. The van der Waals surface area contributed by atoms with Crippen LogP contribution in [0.5, 0.6) is 11.5 Å². The predicted octanol–water partition coefficient (Wildman–Crippen LogP) is 5.39. The summed E-state index contributed by atoms with van der Waals surface area (Å²) in [5, 5.41) is 3.72. The van der Waals surface area contributed by atoms with Gasteiger partial charge in [0.25, 0.3) is 5.91 Å². The Morgan fingerprint density at radius 1 is 1.23 bits per heavy atom. The zero-order valence-corrected chi connectivity index (χ0v) is 18.5. The molecule has 3 heterocycles. The summed E-state index contributed by atoms with van der Waals surface area (Å²) in [7, 11) is 0. The van der Waals surface area contributed by atoms with Crippen LogP contribution in [-0.2, 0) is 19.4 Å². The van der Waals surface area contributed by atoms with Crippen molar-refractivity contribution in [2.24, 2.45) is 4.99 Å². The molecule has 1 aromatic carbocycles. The van der Waals surface area contributed by atoms with Gasteiger partial charge >= 0.3 is 0 Å². The maximum absolute atomic E-state index is 13.1. The van der Waals surface area contributed by atoms with Gasteiger partial charge in [-0.2, -0.15) is 0 Å². The Kier molecular flexibility index (Phi) is 5.35. The third-order valence-corrected chi connectivity index (χ3v) is 7.08. The summed E-state index contributed by atoms with van der Waals surface area (Å²) in [6.07, 6.45) is 7.54. The summed E-state index contributed by atoms with van der Waals surface area (Å²) >= 11 is 5.17. The van der Waals surface area contributed by atoms with Gasteiger partial charge in [0.2, 0.25) is 6.79 Å². The molecule has 0 bridgehead atoms. The number of halogens is 1. The van der Waals surface area contributed by atoms with Crippen molar-refractivity contribution in [2.75, 3.05) is 6.79 Å². The van der Waals surface area contributed by atoms with Crippen LogP contribution in [0.15, 0.2) is 44.4 Å². The number of amides is 1. The van der Waals surface area contributed by atoms with E-state index in [4.69, 9.17) is 18.9 Å². The van der Waals surface area contributed by atoms with Gasteiger partial charge in [-0.3, -0.25) is 4.79 Å². The molecule has 30 heavy (non-hydrogen) atoms. The Labute approximate surface area is 186 Å². The van der Waals surface area contributed by atoms with E-state index in [0.29, 0.717) is 23.6 Å². The summed E-state index contributed by atoms with van der Waals surface area (Å²) in [4.78, 5) is 19.0. The van der Waals surface area contributed by atoms with Gasteiger partial charge in [0, 0.05) is 21.1 Å². The number of hydrogen-bond acceptors (Lipinski definition) is 6. The highest BCUT2D eigenvalue weighted by Crippen LogP contribution is 2.41. The Bertz CT molecular complexity index is 1120. The smallest absolute Gasteiger partial charge is 0.255 e. The van der Waals surface area contributed by atoms with Crippen LogP contribution >= 0.6 is 27.3 Å². The number of hydrogen-bond donors (Lipinski definition) is 1. The van der Waals surface area contributed by atoms with Gasteiger partial charge in [-0.25, -0.2) is 4.99 Å². The minimum atomic E-state index is -0.109. The molecule has 1 aliphatic carbocycles. The Morgan fingerprint density at radius 3 is 2.90 bits per heavy atom. The molecule has 1 amide bonds. The van der Waals surface area contributed by atoms with Crippen molar-refractivity contribution in [3.05, 3.63) is 62.3 Å². The summed E-state index contributed by atoms with van der Waals surface area (Å²) in [6, 6.07) is 7.42. The number of ether oxygens (including phenoxy) is 2. The summed E-state index contributed by atoms with van der Waals surface area (Å²) in [6.45, 7) is 0.577. The van der Waals surface area contributed by atoms with Gasteiger partial charge in [-0.1, -0.05) is 0 Å². The molecular formula is C22H19BrN2O4S. The molecule has 2 aromatic heterocycles. The van der Waals surface area contributed by atoms with Gasteiger partial charge in [0.1, 0.15) is 10.8 Å². The molecule has 0 saturated heterocycles. The third kappa shape index (κ3) is 3.77. The number of aliphatic imine (C=N–C) groups is 1. The number of nitrogens with zero attached hydrogens (tertiary/aromatic N) is 1. The van der Waals surface area contributed by atoms with Crippen LogP contribution in [0.2, 0.25) is 0 Å². The second kappa shape index (κ2) is 8.28. The first-order chi connectivity index (χ1) is 14.7. The van der Waals surface area contributed by atoms with Crippen molar-refractivity contribution in [1.29, 1.82) is 0 Å². The number of nitrogens with one attached hydrogen (secondary N) is 1. The first kappa shape index (κ1) is 19.4. The lowest BCUT2D eigenvalue weighted by Gasteiger charge is -2.12. The zero-order valence-electron chi connectivity index (χ0n) is 16.1. The second-order valence-corrected chi connectivity index (χ2v) is 9.08. The van der Waals surface area contributed by atoms with Crippen LogP contribution in [-0.4, -0.2) is 18.9 Å². The van der Waals surface area contributed by atoms with Gasteiger partial charge < -0.3 is 19.2 Å². The SMILES string of the molecule is O=C(NCc1ccco1)c1c(N=Cc2cc3c(cc2Br)OCO3)sc2c1CCCC2. The largest absolute Gasteiger partial charge is 0.467 e. The molecule has 0 saturated carbocycles. The van der Waals surface area contributed by atoms with Crippen LogP contribution in [0.1, 0.15) is 45.0 Å². The minimum Gasteiger partial charge on any atom is -0.467 e. The van der Waals surface area contributed by atoms with E-state index in [9.17, 15) is 4.79 Å². The molecule has 154 valence electrons. The number of aryl methyl sites for hydroxylation is 1. The van der Waals surface area contributed by atoms with E-state index in [-0.39, 0.29) is 12.7 Å². The molecule has 0 fully saturated rings. The molecule has 6 nitrogen and oxygen atoms in total. The Hall–Kier alpha value is -2.58. The lowest BCUT2D eigenvalue weighted by Crippen LogP contribution is -2.23. The number of benzene rings is 1. The fraction of sp³-hybridized carbons (Fsp3) is 0.273. The average Bonchev–Trinajstić information content (AvgIpc) is 3.49. The van der Waals surface area contributed by atoms with Crippen LogP contribution in [0.3, 0.4) is 0 Å².